The lowest BCUT2D eigenvalue weighted by atomic mass is 9.95. The summed E-state index contributed by atoms with van der Waals surface area (Å²) in [7, 11) is 0. The molecule has 1 fully saturated rings. The highest BCUT2D eigenvalue weighted by molar-refractivity contribution is 6.34. The minimum absolute atomic E-state index is 0.0170. The minimum Gasteiger partial charge on any atom is -0.478 e. The normalized spacial score (nSPS) is 13.8. The Labute approximate surface area is 221 Å². The molecule has 4 aromatic rings. The zero-order valence-electron chi connectivity index (χ0n) is 19.3. The van der Waals surface area contributed by atoms with Crippen molar-refractivity contribution in [1.82, 2.24) is 20.2 Å². The van der Waals surface area contributed by atoms with Crippen LogP contribution < -0.4 is 10.0 Å². The summed E-state index contributed by atoms with van der Waals surface area (Å²) in [6, 6.07) is 12.8. The lowest BCUT2D eigenvalue weighted by Crippen LogP contribution is -2.40. The van der Waals surface area contributed by atoms with E-state index in [1.54, 1.807) is 30.3 Å². The van der Waals surface area contributed by atoms with Gasteiger partial charge in [-0.05, 0) is 65.2 Å². The molecule has 2 aromatic carbocycles. The average Bonchev–Trinajstić information content (AvgIpc) is 3.53. The maximum atomic E-state index is 13.4. The third-order valence-electron chi connectivity index (χ3n) is 6.24. The SMILES string of the molecule is O=C(O)c1ccc(NC(=O)C(CC2CC2)c2ccc(-c3cc(Cl)ccc3-n3cnnn3)c[n+]2O)c(Cl)c1. The van der Waals surface area contributed by atoms with Crippen LogP contribution in [0.25, 0.3) is 16.8 Å². The van der Waals surface area contributed by atoms with Crippen molar-refractivity contribution in [3.8, 4) is 16.8 Å². The van der Waals surface area contributed by atoms with Crippen molar-refractivity contribution in [2.75, 3.05) is 5.32 Å². The summed E-state index contributed by atoms with van der Waals surface area (Å²) in [5, 5.41) is 34.8. The number of carboxylic acids is 1. The van der Waals surface area contributed by atoms with E-state index < -0.39 is 11.9 Å². The first-order valence-corrected chi connectivity index (χ1v) is 12.2. The molecule has 2 aromatic heterocycles. The number of nitrogens with one attached hydrogen (secondary N) is 1. The molecule has 3 N–H and O–H groups in total. The number of hydrogen-bond donors (Lipinski definition) is 3. The Hall–Kier alpha value is -4.02. The molecule has 0 bridgehead atoms. The van der Waals surface area contributed by atoms with Crippen LogP contribution in [0.5, 0.6) is 0 Å². The molecular formula is C25H21Cl2N6O4+. The number of pyridine rings is 1. The summed E-state index contributed by atoms with van der Waals surface area (Å²) in [5.74, 6) is -1.76. The standard InChI is InChI=1S/C25H20Cl2N6O4/c26-17-5-8-22(32-13-28-30-31-32)18(11-17)16-4-7-23(33(37)12-16)19(9-14-1-2-14)24(34)29-21-6-3-15(25(35)36)10-20(21)27/h3-8,10-14,19H,1-2,9H2,(H2-,29,34,35,36,37)/p+1. The lowest BCUT2D eigenvalue weighted by Gasteiger charge is -2.15. The van der Waals surface area contributed by atoms with Crippen LogP contribution in [-0.4, -0.2) is 42.4 Å². The quantitative estimate of drug-likeness (QED) is 0.223. The molecule has 0 aliphatic heterocycles. The number of carbonyl (C=O) groups excluding carboxylic acids is 1. The molecule has 188 valence electrons. The van der Waals surface area contributed by atoms with Crippen molar-refractivity contribution in [2.24, 2.45) is 5.92 Å². The Morgan fingerprint density at radius 2 is 1.95 bits per heavy atom. The summed E-state index contributed by atoms with van der Waals surface area (Å²) < 4.78 is 2.44. The van der Waals surface area contributed by atoms with Crippen LogP contribution in [0.3, 0.4) is 0 Å². The van der Waals surface area contributed by atoms with Crippen LogP contribution in [0.15, 0.2) is 61.1 Å². The first-order chi connectivity index (χ1) is 17.8. The second-order valence-electron chi connectivity index (χ2n) is 8.82. The van der Waals surface area contributed by atoms with E-state index in [4.69, 9.17) is 28.3 Å². The molecule has 0 spiro atoms. The fraction of sp³-hybridized carbons (Fsp3) is 0.200. The number of benzene rings is 2. The molecule has 5 rings (SSSR count). The fourth-order valence-electron chi connectivity index (χ4n) is 4.17. The summed E-state index contributed by atoms with van der Waals surface area (Å²) in [4.78, 5) is 24.5. The van der Waals surface area contributed by atoms with Crippen molar-refractivity contribution < 1.29 is 24.6 Å². The number of halogens is 2. The largest absolute Gasteiger partial charge is 0.478 e. The van der Waals surface area contributed by atoms with E-state index in [0.29, 0.717) is 45.6 Å². The molecular weight excluding hydrogens is 519 g/mol. The number of nitrogens with zero attached hydrogens (tertiary/aromatic N) is 5. The van der Waals surface area contributed by atoms with Crippen LogP contribution in [0, 0.1) is 5.92 Å². The van der Waals surface area contributed by atoms with Crippen LogP contribution in [0.2, 0.25) is 10.0 Å². The predicted molar refractivity (Wildman–Crippen MR) is 134 cm³/mol. The van der Waals surface area contributed by atoms with Gasteiger partial charge in [0, 0.05) is 21.4 Å². The monoisotopic (exact) mass is 539 g/mol. The molecule has 1 aliphatic carbocycles. The van der Waals surface area contributed by atoms with E-state index >= 15 is 0 Å². The van der Waals surface area contributed by atoms with E-state index in [2.05, 4.69) is 20.8 Å². The van der Waals surface area contributed by atoms with Gasteiger partial charge in [0.05, 0.1) is 27.5 Å². The Bertz CT molecular complexity index is 1490. The van der Waals surface area contributed by atoms with Gasteiger partial charge in [-0.25, -0.2) is 4.79 Å². The second kappa shape index (κ2) is 10.2. The van der Waals surface area contributed by atoms with Crippen molar-refractivity contribution in [2.45, 2.75) is 25.2 Å². The van der Waals surface area contributed by atoms with E-state index in [9.17, 15) is 14.8 Å². The molecule has 1 aliphatic rings. The van der Waals surface area contributed by atoms with Gasteiger partial charge in [-0.1, -0.05) is 36.0 Å². The molecule has 0 saturated heterocycles. The van der Waals surface area contributed by atoms with Crippen molar-refractivity contribution >= 4 is 40.8 Å². The Kier molecular flexibility index (Phi) is 6.77. The fourth-order valence-corrected chi connectivity index (χ4v) is 4.57. The van der Waals surface area contributed by atoms with E-state index in [0.717, 1.165) is 17.6 Å². The van der Waals surface area contributed by atoms with Gasteiger partial charge in [0.25, 0.3) is 0 Å². The summed E-state index contributed by atoms with van der Waals surface area (Å²) in [5.41, 5.74) is 2.69. The third kappa shape index (κ3) is 5.40. The zero-order valence-corrected chi connectivity index (χ0v) is 20.8. The van der Waals surface area contributed by atoms with Gasteiger partial charge in [0.1, 0.15) is 12.2 Å². The number of amides is 1. The highest BCUT2D eigenvalue weighted by atomic mass is 35.5. The van der Waals surface area contributed by atoms with Crippen LogP contribution in [0.1, 0.15) is 41.2 Å². The Morgan fingerprint density at radius 1 is 1.14 bits per heavy atom. The Morgan fingerprint density at radius 3 is 2.59 bits per heavy atom. The van der Waals surface area contributed by atoms with Gasteiger partial charge in [-0.15, -0.1) is 5.10 Å². The van der Waals surface area contributed by atoms with Crippen LogP contribution in [-0.2, 0) is 4.79 Å². The molecule has 1 saturated carbocycles. The van der Waals surface area contributed by atoms with Crippen LogP contribution >= 0.6 is 23.2 Å². The van der Waals surface area contributed by atoms with Crippen molar-refractivity contribution in [1.29, 1.82) is 0 Å². The van der Waals surface area contributed by atoms with E-state index in [1.165, 1.54) is 35.4 Å². The molecule has 1 unspecified atom stereocenters. The maximum absolute atomic E-state index is 13.4. The van der Waals surface area contributed by atoms with Crippen molar-refractivity contribution in [3.05, 3.63) is 82.4 Å². The Balaban J connectivity index is 1.46. The smallest absolute Gasteiger partial charge is 0.335 e. The van der Waals surface area contributed by atoms with Gasteiger partial charge in [-0.3, -0.25) is 10.0 Å². The van der Waals surface area contributed by atoms with Gasteiger partial charge in [0.15, 0.2) is 0 Å². The minimum atomic E-state index is -1.12. The predicted octanol–water partition coefficient (Wildman–Crippen LogP) is 4.38. The van der Waals surface area contributed by atoms with Gasteiger partial charge in [0.2, 0.25) is 17.8 Å². The van der Waals surface area contributed by atoms with E-state index in [-0.39, 0.29) is 16.5 Å². The number of anilines is 1. The first-order valence-electron chi connectivity index (χ1n) is 11.4. The molecule has 0 radical (unpaired) electrons. The number of rotatable bonds is 8. The maximum Gasteiger partial charge on any atom is 0.335 e. The van der Waals surface area contributed by atoms with Crippen molar-refractivity contribution in [3.63, 3.8) is 0 Å². The third-order valence-corrected chi connectivity index (χ3v) is 6.79. The highest BCUT2D eigenvalue weighted by Crippen LogP contribution is 2.39. The second-order valence-corrected chi connectivity index (χ2v) is 9.67. The molecule has 2 heterocycles. The number of hydrogen-bond acceptors (Lipinski definition) is 6. The van der Waals surface area contributed by atoms with E-state index in [1.807, 2.05) is 0 Å². The topological polar surface area (TPSA) is 134 Å². The van der Waals surface area contributed by atoms with Gasteiger partial charge < -0.3 is 10.4 Å². The highest BCUT2D eigenvalue weighted by Gasteiger charge is 2.36. The number of aromatic carboxylic acids is 1. The molecule has 1 amide bonds. The first kappa shape index (κ1) is 24.7. The molecule has 37 heavy (non-hydrogen) atoms. The number of carboxylic acid groups (broad SMARTS) is 1. The number of carbonyl (C=O) groups is 2. The molecule has 1 atom stereocenters. The summed E-state index contributed by atoms with van der Waals surface area (Å²) in [6.45, 7) is 0. The molecule has 12 heteroatoms. The summed E-state index contributed by atoms with van der Waals surface area (Å²) >= 11 is 12.5. The van der Waals surface area contributed by atoms with Crippen LogP contribution in [0.4, 0.5) is 5.69 Å². The lowest BCUT2D eigenvalue weighted by molar-refractivity contribution is -0.909. The van der Waals surface area contributed by atoms with Gasteiger partial charge in [-0.2, -0.15) is 4.68 Å². The van der Waals surface area contributed by atoms with Gasteiger partial charge >= 0.3 is 5.97 Å². The molecule has 10 nitrogen and oxygen atoms in total. The summed E-state index contributed by atoms with van der Waals surface area (Å²) in [6.07, 6.45) is 5.54. The zero-order chi connectivity index (χ0) is 26.1. The average molecular weight is 540 g/mol. The number of aromatic nitrogens is 5. The number of tetrazole rings is 1.